The third-order valence-corrected chi connectivity index (χ3v) is 5.42. The number of carbonyl (C=O) groups excluding carboxylic acids is 1. The van der Waals surface area contributed by atoms with E-state index in [0.717, 1.165) is 11.3 Å². The van der Waals surface area contributed by atoms with Crippen molar-refractivity contribution in [1.29, 1.82) is 0 Å². The molecule has 0 fully saturated rings. The van der Waals surface area contributed by atoms with Crippen molar-refractivity contribution >= 4 is 17.5 Å². The number of ether oxygens (including phenoxy) is 1. The molecule has 7 heteroatoms. The Morgan fingerprint density at radius 2 is 1.67 bits per heavy atom. The van der Waals surface area contributed by atoms with Crippen molar-refractivity contribution in [3.05, 3.63) is 90.2 Å². The molecule has 0 saturated heterocycles. The quantitative estimate of drug-likeness (QED) is 0.310. The molecule has 0 spiro atoms. The van der Waals surface area contributed by atoms with Gasteiger partial charge in [-0.3, -0.25) is 9.36 Å². The number of thioether (sulfide) groups is 1. The van der Waals surface area contributed by atoms with Gasteiger partial charge in [-0.1, -0.05) is 42.1 Å². The molecule has 0 aliphatic heterocycles. The number of Topliss-reactive ketones (excluding diaryl/α,β-unsaturated/α-hetero) is 1. The zero-order valence-electron chi connectivity index (χ0n) is 16.2. The molecule has 5 nitrogen and oxygen atoms in total. The zero-order chi connectivity index (χ0) is 20.9. The van der Waals surface area contributed by atoms with Crippen molar-refractivity contribution in [3.8, 4) is 22.8 Å². The first-order valence-electron chi connectivity index (χ1n) is 9.22. The maximum absolute atomic E-state index is 13.4. The van der Waals surface area contributed by atoms with Crippen LogP contribution in [0.15, 0.2) is 84.0 Å². The number of benzene rings is 3. The minimum atomic E-state index is -0.322. The highest BCUT2D eigenvalue weighted by atomic mass is 32.2. The summed E-state index contributed by atoms with van der Waals surface area (Å²) in [6.07, 6.45) is 0. The van der Waals surface area contributed by atoms with Crippen molar-refractivity contribution in [3.63, 3.8) is 0 Å². The Bertz CT molecular complexity index is 1140. The van der Waals surface area contributed by atoms with Crippen molar-refractivity contribution in [2.24, 2.45) is 0 Å². The van der Waals surface area contributed by atoms with Gasteiger partial charge in [0.05, 0.1) is 12.9 Å². The van der Waals surface area contributed by atoms with Crippen LogP contribution in [0.1, 0.15) is 10.4 Å². The monoisotopic (exact) mass is 419 g/mol. The largest absolute Gasteiger partial charge is 0.497 e. The number of nitrogens with zero attached hydrogens (tertiary/aromatic N) is 3. The fourth-order valence-electron chi connectivity index (χ4n) is 2.95. The lowest BCUT2D eigenvalue weighted by Gasteiger charge is -2.10. The molecular formula is C23H18FN3O2S. The third kappa shape index (κ3) is 4.26. The number of methoxy groups -OCH3 is 1. The van der Waals surface area contributed by atoms with Gasteiger partial charge in [0.2, 0.25) is 0 Å². The van der Waals surface area contributed by atoms with Gasteiger partial charge in [-0.2, -0.15) is 0 Å². The summed E-state index contributed by atoms with van der Waals surface area (Å²) < 4.78 is 20.4. The van der Waals surface area contributed by atoms with Gasteiger partial charge in [0.1, 0.15) is 11.6 Å². The van der Waals surface area contributed by atoms with E-state index in [1.54, 1.807) is 43.5 Å². The number of hydrogen-bond acceptors (Lipinski definition) is 5. The van der Waals surface area contributed by atoms with Gasteiger partial charge in [0.15, 0.2) is 16.8 Å². The maximum atomic E-state index is 13.4. The fourth-order valence-corrected chi connectivity index (χ4v) is 3.80. The van der Waals surface area contributed by atoms with Crippen LogP contribution in [-0.4, -0.2) is 33.4 Å². The summed E-state index contributed by atoms with van der Waals surface area (Å²) in [5.41, 5.74) is 2.20. The molecule has 4 aromatic rings. The molecule has 3 aromatic carbocycles. The van der Waals surface area contributed by atoms with Gasteiger partial charge < -0.3 is 4.74 Å². The normalized spacial score (nSPS) is 10.7. The van der Waals surface area contributed by atoms with E-state index < -0.39 is 0 Å². The first-order chi connectivity index (χ1) is 14.7. The van der Waals surface area contributed by atoms with E-state index in [9.17, 15) is 9.18 Å². The minimum absolute atomic E-state index is 0.0300. The summed E-state index contributed by atoms with van der Waals surface area (Å²) in [6, 6.07) is 22.7. The number of ketones is 1. The highest BCUT2D eigenvalue weighted by molar-refractivity contribution is 7.99. The number of halogens is 1. The van der Waals surface area contributed by atoms with Crippen LogP contribution in [0.4, 0.5) is 4.39 Å². The SMILES string of the molecule is COc1ccc(C(=O)CSc2nnc(-c3ccccc3)n2-c2ccc(F)cc2)cc1. The molecule has 0 radical (unpaired) electrons. The molecule has 1 heterocycles. The lowest BCUT2D eigenvalue weighted by Crippen LogP contribution is -2.05. The molecule has 1 aromatic heterocycles. The van der Waals surface area contributed by atoms with Gasteiger partial charge in [-0.25, -0.2) is 4.39 Å². The van der Waals surface area contributed by atoms with Crippen LogP contribution in [-0.2, 0) is 0 Å². The Balaban J connectivity index is 1.63. The summed E-state index contributed by atoms with van der Waals surface area (Å²) in [7, 11) is 1.58. The van der Waals surface area contributed by atoms with Gasteiger partial charge >= 0.3 is 0 Å². The Morgan fingerprint density at radius 1 is 0.967 bits per heavy atom. The van der Waals surface area contributed by atoms with Crippen molar-refractivity contribution in [2.45, 2.75) is 5.16 Å². The standard InChI is InChI=1S/C23H18FN3O2S/c1-29-20-13-7-16(8-14-20)21(28)15-30-23-26-25-22(17-5-3-2-4-6-17)27(23)19-11-9-18(24)10-12-19/h2-14H,15H2,1H3. The second kappa shape index (κ2) is 8.92. The number of rotatable bonds is 7. The van der Waals surface area contributed by atoms with Crippen LogP contribution in [0.2, 0.25) is 0 Å². The second-order valence-electron chi connectivity index (χ2n) is 6.42. The highest BCUT2D eigenvalue weighted by Gasteiger charge is 2.18. The van der Waals surface area contributed by atoms with Gasteiger partial charge in [-0.05, 0) is 48.5 Å². The summed E-state index contributed by atoms with van der Waals surface area (Å²) in [4.78, 5) is 12.6. The van der Waals surface area contributed by atoms with Crippen molar-refractivity contribution in [2.75, 3.05) is 12.9 Å². The van der Waals surface area contributed by atoms with E-state index in [1.165, 1.54) is 23.9 Å². The van der Waals surface area contributed by atoms with Crippen LogP contribution in [0, 0.1) is 5.82 Å². The molecule has 0 unspecified atom stereocenters. The molecule has 0 aliphatic carbocycles. The third-order valence-electron chi connectivity index (χ3n) is 4.49. The summed E-state index contributed by atoms with van der Waals surface area (Å²) >= 11 is 1.29. The molecule has 0 N–H and O–H groups in total. The smallest absolute Gasteiger partial charge is 0.196 e. The first kappa shape index (κ1) is 19.8. The predicted molar refractivity (Wildman–Crippen MR) is 115 cm³/mol. The molecule has 0 atom stereocenters. The van der Waals surface area contributed by atoms with E-state index in [2.05, 4.69) is 10.2 Å². The van der Waals surface area contributed by atoms with E-state index in [4.69, 9.17) is 4.74 Å². The van der Waals surface area contributed by atoms with E-state index in [-0.39, 0.29) is 17.4 Å². The Morgan fingerprint density at radius 3 is 2.33 bits per heavy atom. The van der Waals surface area contributed by atoms with Crippen LogP contribution < -0.4 is 4.74 Å². The highest BCUT2D eigenvalue weighted by Crippen LogP contribution is 2.28. The van der Waals surface area contributed by atoms with Crippen LogP contribution in [0.3, 0.4) is 0 Å². The van der Waals surface area contributed by atoms with Crippen LogP contribution in [0.25, 0.3) is 17.1 Å². The molecule has 150 valence electrons. The summed E-state index contributed by atoms with van der Waals surface area (Å²) in [5, 5.41) is 9.18. The minimum Gasteiger partial charge on any atom is -0.497 e. The van der Waals surface area contributed by atoms with Gasteiger partial charge in [-0.15, -0.1) is 10.2 Å². The number of carbonyl (C=O) groups is 1. The number of hydrogen-bond donors (Lipinski definition) is 0. The molecule has 0 saturated carbocycles. The average molecular weight is 419 g/mol. The van der Waals surface area contributed by atoms with E-state index >= 15 is 0 Å². The van der Waals surface area contributed by atoms with E-state index in [0.29, 0.717) is 22.3 Å². The average Bonchev–Trinajstić information content (AvgIpc) is 3.22. The Labute approximate surface area is 177 Å². The van der Waals surface area contributed by atoms with Gasteiger partial charge in [0.25, 0.3) is 0 Å². The Hall–Kier alpha value is -3.45. The Kier molecular flexibility index (Phi) is 5.90. The van der Waals surface area contributed by atoms with Crippen molar-refractivity contribution in [1.82, 2.24) is 14.8 Å². The topological polar surface area (TPSA) is 57.0 Å². The predicted octanol–water partition coefficient (Wildman–Crippen LogP) is 5.06. The zero-order valence-corrected chi connectivity index (χ0v) is 17.0. The maximum Gasteiger partial charge on any atom is 0.196 e. The summed E-state index contributed by atoms with van der Waals surface area (Å²) in [5.74, 6) is 1.17. The molecule has 4 rings (SSSR count). The lowest BCUT2D eigenvalue weighted by atomic mass is 10.1. The summed E-state index contributed by atoms with van der Waals surface area (Å²) in [6.45, 7) is 0. The lowest BCUT2D eigenvalue weighted by molar-refractivity contribution is 0.102. The molecule has 0 aliphatic rings. The fraction of sp³-hybridized carbons (Fsp3) is 0.0870. The molecule has 30 heavy (non-hydrogen) atoms. The first-order valence-corrected chi connectivity index (χ1v) is 10.2. The molecule has 0 bridgehead atoms. The van der Waals surface area contributed by atoms with Crippen molar-refractivity contribution < 1.29 is 13.9 Å². The number of aromatic nitrogens is 3. The molecule has 0 amide bonds. The van der Waals surface area contributed by atoms with Crippen LogP contribution in [0.5, 0.6) is 5.75 Å². The van der Waals surface area contributed by atoms with E-state index in [1.807, 2.05) is 34.9 Å². The van der Waals surface area contributed by atoms with Gasteiger partial charge in [0, 0.05) is 16.8 Å². The van der Waals surface area contributed by atoms with Crippen LogP contribution >= 0.6 is 11.8 Å². The second-order valence-corrected chi connectivity index (χ2v) is 7.37. The molecular weight excluding hydrogens is 401 g/mol.